The highest BCUT2D eigenvalue weighted by Gasteiger charge is 2.56. The first-order valence-electron chi connectivity index (χ1n) is 9.28. The standard InChI is InChI=1S/C20H38N2/c1-15(10-14-21)7-8-17-19(4)12-6-11-18(2,3)16(19)9-13-20(17,5)22/h10,16-17H,6-9,11-14,21-22H2,1-5H3/b15-10+/t16-,17+,19-,20+/m0/s1. The van der Waals surface area contributed by atoms with Crippen LogP contribution >= 0.6 is 0 Å². The van der Waals surface area contributed by atoms with E-state index in [9.17, 15) is 0 Å². The van der Waals surface area contributed by atoms with Crippen LogP contribution < -0.4 is 11.5 Å². The van der Waals surface area contributed by atoms with E-state index in [4.69, 9.17) is 11.5 Å². The predicted octanol–water partition coefficient (Wildman–Crippen LogP) is 4.63. The number of rotatable bonds is 4. The van der Waals surface area contributed by atoms with Crippen molar-refractivity contribution in [3.8, 4) is 0 Å². The maximum atomic E-state index is 6.82. The molecule has 0 spiro atoms. The summed E-state index contributed by atoms with van der Waals surface area (Å²) >= 11 is 0. The molecule has 2 fully saturated rings. The average molecular weight is 307 g/mol. The normalized spacial score (nSPS) is 42.0. The Labute approximate surface area is 138 Å². The van der Waals surface area contributed by atoms with Gasteiger partial charge in [-0.25, -0.2) is 0 Å². The van der Waals surface area contributed by atoms with E-state index < -0.39 is 0 Å². The fourth-order valence-electron chi connectivity index (χ4n) is 6.02. The molecule has 22 heavy (non-hydrogen) atoms. The largest absolute Gasteiger partial charge is 0.327 e. The van der Waals surface area contributed by atoms with Crippen LogP contribution in [-0.4, -0.2) is 12.1 Å². The minimum Gasteiger partial charge on any atom is -0.327 e. The first kappa shape index (κ1) is 18.0. The molecule has 0 saturated heterocycles. The van der Waals surface area contributed by atoms with Crippen molar-refractivity contribution >= 4 is 0 Å². The Hall–Kier alpha value is -0.340. The maximum Gasteiger partial charge on any atom is 0.0159 e. The van der Waals surface area contributed by atoms with Gasteiger partial charge >= 0.3 is 0 Å². The summed E-state index contributed by atoms with van der Waals surface area (Å²) in [5.74, 6) is 1.45. The van der Waals surface area contributed by atoms with E-state index in [0.29, 0.717) is 23.3 Å². The van der Waals surface area contributed by atoms with Crippen LogP contribution in [0, 0.1) is 22.7 Å². The van der Waals surface area contributed by atoms with Gasteiger partial charge in [-0.2, -0.15) is 0 Å². The summed E-state index contributed by atoms with van der Waals surface area (Å²) in [6.07, 6.45) is 11.1. The van der Waals surface area contributed by atoms with Crippen molar-refractivity contribution in [2.45, 2.75) is 85.1 Å². The van der Waals surface area contributed by atoms with Gasteiger partial charge in [0.15, 0.2) is 0 Å². The molecule has 0 amide bonds. The SMILES string of the molecule is C/C(=C\CN)CC[C@@H]1[C@@]2(C)CCCC(C)(C)[C@@H]2CC[C@@]1(C)N. The van der Waals surface area contributed by atoms with E-state index in [1.165, 1.54) is 44.1 Å². The Balaban J connectivity index is 2.24. The van der Waals surface area contributed by atoms with E-state index >= 15 is 0 Å². The topological polar surface area (TPSA) is 52.0 Å². The minimum atomic E-state index is -0.0122. The molecule has 0 aliphatic heterocycles. The molecule has 2 saturated carbocycles. The van der Waals surface area contributed by atoms with Crippen LogP contribution in [0.25, 0.3) is 0 Å². The molecule has 0 aromatic rings. The lowest BCUT2D eigenvalue weighted by molar-refractivity contribution is -0.104. The Kier molecular flexibility index (Phi) is 5.14. The lowest BCUT2D eigenvalue weighted by atomic mass is 9.44. The second kappa shape index (κ2) is 6.28. The van der Waals surface area contributed by atoms with Gasteiger partial charge in [-0.3, -0.25) is 0 Å². The van der Waals surface area contributed by atoms with Gasteiger partial charge in [0, 0.05) is 12.1 Å². The lowest BCUT2D eigenvalue weighted by Crippen LogP contribution is -2.61. The molecule has 2 aliphatic carbocycles. The molecule has 2 rings (SSSR count). The first-order chi connectivity index (χ1) is 10.1. The van der Waals surface area contributed by atoms with Crippen LogP contribution in [0.3, 0.4) is 0 Å². The fraction of sp³-hybridized carbons (Fsp3) is 0.900. The Morgan fingerprint density at radius 3 is 2.45 bits per heavy atom. The van der Waals surface area contributed by atoms with Gasteiger partial charge in [-0.15, -0.1) is 0 Å². The summed E-state index contributed by atoms with van der Waals surface area (Å²) in [5, 5.41) is 0. The third-order valence-corrected chi connectivity index (χ3v) is 7.13. The van der Waals surface area contributed by atoms with Gasteiger partial charge in [0.1, 0.15) is 0 Å². The van der Waals surface area contributed by atoms with Gasteiger partial charge < -0.3 is 11.5 Å². The van der Waals surface area contributed by atoms with Crippen LogP contribution in [0.5, 0.6) is 0 Å². The van der Waals surface area contributed by atoms with Crippen molar-refractivity contribution in [2.24, 2.45) is 34.1 Å². The van der Waals surface area contributed by atoms with E-state index in [2.05, 4.69) is 40.7 Å². The summed E-state index contributed by atoms with van der Waals surface area (Å²) < 4.78 is 0. The van der Waals surface area contributed by atoms with E-state index in [0.717, 1.165) is 12.3 Å². The fourth-order valence-corrected chi connectivity index (χ4v) is 6.02. The van der Waals surface area contributed by atoms with Crippen molar-refractivity contribution < 1.29 is 0 Å². The predicted molar refractivity (Wildman–Crippen MR) is 96.6 cm³/mol. The van der Waals surface area contributed by atoms with Crippen LogP contribution in [0.4, 0.5) is 0 Å². The number of fused-ring (bicyclic) bond motifs is 1. The molecular formula is C20H38N2. The molecule has 0 radical (unpaired) electrons. The molecule has 4 atom stereocenters. The molecule has 2 heteroatoms. The van der Waals surface area contributed by atoms with E-state index in [-0.39, 0.29) is 5.54 Å². The highest BCUT2D eigenvalue weighted by atomic mass is 14.8. The molecule has 128 valence electrons. The number of hydrogen-bond donors (Lipinski definition) is 2. The van der Waals surface area contributed by atoms with Crippen molar-refractivity contribution in [1.82, 2.24) is 0 Å². The lowest BCUT2D eigenvalue weighted by Gasteiger charge is -2.62. The molecule has 4 N–H and O–H groups in total. The quantitative estimate of drug-likeness (QED) is 0.744. The summed E-state index contributed by atoms with van der Waals surface area (Å²) in [5.41, 5.74) is 14.8. The number of nitrogens with two attached hydrogens (primary N) is 2. The highest BCUT2D eigenvalue weighted by Crippen LogP contribution is 2.62. The zero-order chi connectivity index (χ0) is 16.6. The summed E-state index contributed by atoms with van der Waals surface area (Å²) in [7, 11) is 0. The van der Waals surface area contributed by atoms with Crippen LogP contribution in [0.1, 0.15) is 79.6 Å². The van der Waals surface area contributed by atoms with E-state index in [1.54, 1.807) is 0 Å². The molecular weight excluding hydrogens is 268 g/mol. The zero-order valence-electron chi connectivity index (χ0n) is 15.5. The first-order valence-corrected chi connectivity index (χ1v) is 9.28. The van der Waals surface area contributed by atoms with Gasteiger partial charge in [-0.05, 0) is 75.0 Å². The molecule has 0 bridgehead atoms. The Bertz CT molecular complexity index is 421. The van der Waals surface area contributed by atoms with Gasteiger partial charge in [0.05, 0.1) is 0 Å². The van der Waals surface area contributed by atoms with Crippen molar-refractivity contribution in [1.29, 1.82) is 0 Å². The number of hydrogen-bond acceptors (Lipinski definition) is 2. The third-order valence-electron chi connectivity index (χ3n) is 7.13. The van der Waals surface area contributed by atoms with Crippen molar-refractivity contribution in [2.75, 3.05) is 6.54 Å². The molecule has 0 aromatic heterocycles. The maximum absolute atomic E-state index is 6.82. The summed E-state index contributed by atoms with van der Waals surface area (Å²) in [6.45, 7) is 12.7. The monoisotopic (exact) mass is 306 g/mol. The number of allylic oxidation sites excluding steroid dienone is 1. The van der Waals surface area contributed by atoms with E-state index in [1.807, 2.05) is 0 Å². The third kappa shape index (κ3) is 3.28. The van der Waals surface area contributed by atoms with Gasteiger partial charge in [-0.1, -0.05) is 38.8 Å². The second-order valence-electron chi connectivity index (χ2n) is 9.32. The molecule has 0 unspecified atom stereocenters. The van der Waals surface area contributed by atoms with Gasteiger partial charge in [0.25, 0.3) is 0 Å². The second-order valence-corrected chi connectivity index (χ2v) is 9.32. The minimum absolute atomic E-state index is 0.0122. The molecule has 2 nitrogen and oxygen atoms in total. The Morgan fingerprint density at radius 2 is 1.82 bits per heavy atom. The van der Waals surface area contributed by atoms with Crippen LogP contribution in [0.15, 0.2) is 11.6 Å². The average Bonchev–Trinajstić information content (AvgIpc) is 2.36. The zero-order valence-corrected chi connectivity index (χ0v) is 15.5. The smallest absolute Gasteiger partial charge is 0.0159 e. The molecule has 0 aromatic carbocycles. The molecule has 2 aliphatic rings. The molecule has 0 heterocycles. The van der Waals surface area contributed by atoms with Crippen molar-refractivity contribution in [3.63, 3.8) is 0 Å². The highest BCUT2D eigenvalue weighted by molar-refractivity contribution is 5.10. The Morgan fingerprint density at radius 1 is 1.14 bits per heavy atom. The summed E-state index contributed by atoms with van der Waals surface area (Å²) in [6, 6.07) is 0. The van der Waals surface area contributed by atoms with Crippen LogP contribution in [-0.2, 0) is 0 Å². The van der Waals surface area contributed by atoms with Crippen LogP contribution in [0.2, 0.25) is 0 Å². The van der Waals surface area contributed by atoms with Gasteiger partial charge in [0.2, 0.25) is 0 Å². The van der Waals surface area contributed by atoms with Crippen molar-refractivity contribution in [3.05, 3.63) is 11.6 Å². The summed E-state index contributed by atoms with van der Waals surface area (Å²) in [4.78, 5) is 0.